The SMILES string of the molecule is Cc1cc(-c2noc(N)c2-c2cccc(Br)c2)ccc1F. The van der Waals surface area contributed by atoms with Crippen LogP contribution in [0, 0.1) is 12.7 Å². The van der Waals surface area contributed by atoms with Gasteiger partial charge >= 0.3 is 0 Å². The molecule has 106 valence electrons. The van der Waals surface area contributed by atoms with E-state index in [1.54, 1.807) is 19.1 Å². The lowest BCUT2D eigenvalue weighted by Gasteiger charge is -2.05. The van der Waals surface area contributed by atoms with Crippen LogP contribution in [0.5, 0.6) is 0 Å². The molecule has 0 atom stereocenters. The van der Waals surface area contributed by atoms with Gasteiger partial charge in [-0.2, -0.15) is 0 Å². The quantitative estimate of drug-likeness (QED) is 0.724. The number of nitrogen functional groups attached to an aromatic ring is 1. The molecule has 3 nitrogen and oxygen atoms in total. The summed E-state index contributed by atoms with van der Waals surface area (Å²) in [5.41, 5.74) is 9.43. The molecule has 0 fully saturated rings. The Bertz CT molecular complexity index is 814. The van der Waals surface area contributed by atoms with Crippen LogP contribution in [0.4, 0.5) is 10.3 Å². The molecular formula is C16H12BrFN2O. The van der Waals surface area contributed by atoms with Crippen LogP contribution >= 0.6 is 15.9 Å². The van der Waals surface area contributed by atoms with Gasteiger partial charge in [-0.1, -0.05) is 33.2 Å². The van der Waals surface area contributed by atoms with Crippen LogP contribution in [-0.4, -0.2) is 5.16 Å². The van der Waals surface area contributed by atoms with E-state index in [4.69, 9.17) is 10.3 Å². The summed E-state index contributed by atoms with van der Waals surface area (Å²) in [6, 6.07) is 12.5. The Morgan fingerprint density at radius 1 is 1.14 bits per heavy atom. The average Bonchev–Trinajstić information content (AvgIpc) is 2.84. The first kappa shape index (κ1) is 13.8. The van der Waals surface area contributed by atoms with Gasteiger partial charge in [0.05, 0.1) is 5.56 Å². The van der Waals surface area contributed by atoms with Crippen LogP contribution in [0.1, 0.15) is 5.56 Å². The van der Waals surface area contributed by atoms with Crippen LogP contribution in [0.3, 0.4) is 0 Å². The number of halogens is 2. The van der Waals surface area contributed by atoms with Crippen molar-refractivity contribution in [1.82, 2.24) is 5.16 Å². The topological polar surface area (TPSA) is 52.0 Å². The van der Waals surface area contributed by atoms with E-state index >= 15 is 0 Å². The molecule has 0 aliphatic heterocycles. The van der Waals surface area contributed by atoms with Crippen molar-refractivity contribution in [3.05, 3.63) is 58.3 Å². The van der Waals surface area contributed by atoms with Crippen LogP contribution < -0.4 is 5.73 Å². The predicted molar refractivity (Wildman–Crippen MR) is 84.2 cm³/mol. The second-order valence-corrected chi connectivity index (χ2v) is 5.66. The highest BCUT2D eigenvalue weighted by atomic mass is 79.9. The largest absolute Gasteiger partial charge is 0.367 e. The van der Waals surface area contributed by atoms with E-state index in [2.05, 4.69) is 21.1 Å². The molecule has 1 heterocycles. The van der Waals surface area contributed by atoms with Crippen molar-refractivity contribution in [2.75, 3.05) is 5.73 Å². The van der Waals surface area contributed by atoms with Gasteiger partial charge in [0.2, 0.25) is 5.88 Å². The van der Waals surface area contributed by atoms with Crippen molar-refractivity contribution in [3.8, 4) is 22.4 Å². The minimum Gasteiger partial charge on any atom is -0.367 e. The molecule has 2 N–H and O–H groups in total. The highest BCUT2D eigenvalue weighted by molar-refractivity contribution is 9.10. The van der Waals surface area contributed by atoms with E-state index in [1.807, 2.05) is 24.3 Å². The molecule has 3 rings (SSSR count). The van der Waals surface area contributed by atoms with Crippen molar-refractivity contribution in [2.45, 2.75) is 6.92 Å². The number of nitrogens with zero attached hydrogens (tertiary/aromatic N) is 1. The molecule has 0 amide bonds. The van der Waals surface area contributed by atoms with Gasteiger partial charge in [-0.15, -0.1) is 0 Å². The fourth-order valence-corrected chi connectivity index (χ4v) is 2.61. The summed E-state index contributed by atoms with van der Waals surface area (Å²) in [5, 5.41) is 4.03. The van der Waals surface area contributed by atoms with Crippen molar-refractivity contribution < 1.29 is 8.91 Å². The Kier molecular flexibility index (Phi) is 3.51. The first-order chi connectivity index (χ1) is 10.1. The molecule has 3 aromatic rings. The lowest BCUT2D eigenvalue weighted by Crippen LogP contribution is -1.89. The van der Waals surface area contributed by atoms with Gasteiger partial charge in [-0.25, -0.2) is 4.39 Å². The van der Waals surface area contributed by atoms with Gasteiger partial charge < -0.3 is 10.3 Å². The summed E-state index contributed by atoms with van der Waals surface area (Å²) in [6.07, 6.45) is 0. The zero-order valence-corrected chi connectivity index (χ0v) is 12.8. The molecular weight excluding hydrogens is 335 g/mol. The molecule has 0 unspecified atom stereocenters. The molecule has 0 saturated carbocycles. The summed E-state index contributed by atoms with van der Waals surface area (Å²) < 4.78 is 19.5. The highest BCUT2D eigenvalue weighted by Gasteiger charge is 2.18. The Morgan fingerprint density at radius 2 is 1.95 bits per heavy atom. The van der Waals surface area contributed by atoms with Gasteiger partial charge in [0.15, 0.2) is 0 Å². The molecule has 0 aliphatic carbocycles. The van der Waals surface area contributed by atoms with Gasteiger partial charge in [-0.05, 0) is 48.4 Å². The van der Waals surface area contributed by atoms with Crippen LogP contribution in [0.2, 0.25) is 0 Å². The number of rotatable bonds is 2. The third kappa shape index (κ3) is 2.56. The zero-order chi connectivity index (χ0) is 15.0. The van der Waals surface area contributed by atoms with Gasteiger partial charge in [-0.3, -0.25) is 0 Å². The fraction of sp³-hybridized carbons (Fsp3) is 0.0625. The molecule has 1 aromatic heterocycles. The van der Waals surface area contributed by atoms with Gasteiger partial charge in [0.1, 0.15) is 11.5 Å². The smallest absolute Gasteiger partial charge is 0.230 e. The van der Waals surface area contributed by atoms with E-state index < -0.39 is 0 Å². The third-order valence-corrected chi connectivity index (χ3v) is 3.76. The number of hydrogen-bond donors (Lipinski definition) is 1. The van der Waals surface area contributed by atoms with Crippen LogP contribution in [0.25, 0.3) is 22.4 Å². The molecule has 2 aromatic carbocycles. The first-order valence-electron chi connectivity index (χ1n) is 6.34. The third-order valence-electron chi connectivity index (χ3n) is 3.26. The van der Waals surface area contributed by atoms with E-state index in [0.717, 1.165) is 15.6 Å². The van der Waals surface area contributed by atoms with Gasteiger partial charge in [0.25, 0.3) is 0 Å². The molecule has 0 saturated heterocycles. The number of benzene rings is 2. The molecule has 21 heavy (non-hydrogen) atoms. The number of aryl methyl sites for hydroxylation is 1. The zero-order valence-electron chi connectivity index (χ0n) is 11.2. The molecule has 0 aliphatic rings. The Hall–Kier alpha value is -2.14. The van der Waals surface area contributed by atoms with E-state index in [0.29, 0.717) is 16.8 Å². The first-order valence-corrected chi connectivity index (χ1v) is 7.13. The monoisotopic (exact) mass is 346 g/mol. The maximum absolute atomic E-state index is 13.4. The van der Waals surface area contributed by atoms with Crippen molar-refractivity contribution in [1.29, 1.82) is 0 Å². The van der Waals surface area contributed by atoms with E-state index in [-0.39, 0.29) is 11.7 Å². The lowest BCUT2D eigenvalue weighted by molar-refractivity contribution is 0.439. The van der Waals surface area contributed by atoms with Crippen LogP contribution in [-0.2, 0) is 0 Å². The molecule has 5 heteroatoms. The minimum atomic E-state index is -0.251. The Labute approximate surface area is 129 Å². The van der Waals surface area contributed by atoms with Crippen LogP contribution in [0.15, 0.2) is 51.5 Å². The summed E-state index contributed by atoms with van der Waals surface area (Å²) in [5.74, 6) is -0.00991. The fourth-order valence-electron chi connectivity index (χ4n) is 2.21. The summed E-state index contributed by atoms with van der Waals surface area (Å²) >= 11 is 3.43. The molecule has 0 spiro atoms. The Morgan fingerprint density at radius 3 is 2.67 bits per heavy atom. The standard InChI is InChI=1S/C16H12BrFN2O/c1-9-7-11(5-6-13(9)18)15-14(16(19)21-20-15)10-3-2-4-12(17)8-10/h2-8H,19H2,1H3. The predicted octanol–water partition coefficient (Wildman–Crippen LogP) is 4.80. The number of hydrogen-bond acceptors (Lipinski definition) is 3. The summed E-state index contributed by atoms with van der Waals surface area (Å²) in [7, 11) is 0. The van der Waals surface area contributed by atoms with Gasteiger partial charge in [0, 0.05) is 10.0 Å². The maximum atomic E-state index is 13.4. The van der Waals surface area contributed by atoms with E-state index in [9.17, 15) is 4.39 Å². The average molecular weight is 347 g/mol. The molecule has 0 radical (unpaired) electrons. The minimum absolute atomic E-state index is 0.241. The second-order valence-electron chi connectivity index (χ2n) is 4.74. The number of aromatic nitrogens is 1. The van der Waals surface area contributed by atoms with Crippen molar-refractivity contribution in [2.24, 2.45) is 0 Å². The highest BCUT2D eigenvalue weighted by Crippen LogP contribution is 2.37. The number of anilines is 1. The van der Waals surface area contributed by atoms with Crippen molar-refractivity contribution in [3.63, 3.8) is 0 Å². The second kappa shape index (κ2) is 5.33. The van der Waals surface area contributed by atoms with E-state index in [1.165, 1.54) is 6.07 Å². The summed E-state index contributed by atoms with van der Waals surface area (Å²) in [4.78, 5) is 0. The number of nitrogens with two attached hydrogens (primary N) is 1. The molecule has 0 bridgehead atoms. The lowest BCUT2D eigenvalue weighted by atomic mass is 10.00. The van der Waals surface area contributed by atoms with Crippen molar-refractivity contribution >= 4 is 21.8 Å². The normalized spacial score (nSPS) is 10.8. The summed E-state index contributed by atoms with van der Waals surface area (Å²) in [6.45, 7) is 1.71. The Balaban J connectivity index is 2.19. The maximum Gasteiger partial charge on any atom is 0.230 e.